The van der Waals surface area contributed by atoms with Crippen LogP contribution in [0.15, 0.2) is 22.8 Å². The molecule has 0 spiro atoms. The van der Waals surface area contributed by atoms with Crippen LogP contribution in [0.3, 0.4) is 0 Å². The number of halogens is 4. The number of alkyl halides is 3. The molecule has 16 heavy (non-hydrogen) atoms. The van der Waals surface area contributed by atoms with Crippen LogP contribution in [0.2, 0.25) is 0 Å². The zero-order chi connectivity index (χ0) is 12.3. The van der Waals surface area contributed by atoms with E-state index in [9.17, 15) is 13.2 Å². The highest BCUT2D eigenvalue weighted by Crippen LogP contribution is 2.26. The van der Waals surface area contributed by atoms with E-state index in [0.717, 1.165) is 5.57 Å². The predicted molar refractivity (Wildman–Crippen MR) is 56.1 cm³/mol. The van der Waals surface area contributed by atoms with Crippen LogP contribution in [0.1, 0.15) is 13.3 Å². The highest BCUT2D eigenvalue weighted by atomic mass is 35.5. The van der Waals surface area contributed by atoms with Gasteiger partial charge >= 0.3 is 6.18 Å². The summed E-state index contributed by atoms with van der Waals surface area (Å²) in [6.45, 7) is 0.499. The van der Waals surface area contributed by atoms with Crippen molar-refractivity contribution in [2.75, 3.05) is 6.61 Å². The lowest BCUT2D eigenvalue weighted by molar-refractivity contribution is -0.180. The van der Waals surface area contributed by atoms with Gasteiger partial charge in [0.1, 0.15) is 6.61 Å². The second-order valence-corrected chi connectivity index (χ2v) is 4.07. The fourth-order valence-electron chi connectivity index (χ4n) is 1.39. The Morgan fingerprint density at radius 2 is 2.25 bits per heavy atom. The van der Waals surface area contributed by atoms with Gasteiger partial charge in [0.25, 0.3) is 0 Å². The van der Waals surface area contributed by atoms with Crippen LogP contribution in [0.25, 0.3) is 0 Å². The quantitative estimate of drug-likeness (QED) is 0.842. The van der Waals surface area contributed by atoms with Crippen LogP contribution >= 0.6 is 11.6 Å². The molecule has 0 bridgehead atoms. The number of hydrogen-bond donors (Lipinski definition) is 1. The van der Waals surface area contributed by atoms with Crippen molar-refractivity contribution in [1.82, 2.24) is 0 Å². The Balaban J connectivity index is 2.53. The van der Waals surface area contributed by atoms with Gasteiger partial charge in [-0.3, -0.25) is 0 Å². The van der Waals surface area contributed by atoms with Gasteiger partial charge in [-0.1, -0.05) is 17.7 Å². The van der Waals surface area contributed by atoms with Gasteiger partial charge in [0, 0.05) is 11.1 Å². The van der Waals surface area contributed by atoms with Gasteiger partial charge in [-0.15, -0.1) is 0 Å². The molecule has 6 heteroatoms. The zero-order valence-corrected chi connectivity index (χ0v) is 9.48. The number of rotatable bonds is 3. The van der Waals surface area contributed by atoms with Crippen molar-refractivity contribution >= 4 is 11.6 Å². The molecule has 0 fully saturated rings. The van der Waals surface area contributed by atoms with Gasteiger partial charge in [-0.2, -0.15) is 13.2 Å². The molecule has 0 aromatic carbocycles. The molecule has 0 saturated carbocycles. The third-order valence-electron chi connectivity index (χ3n) is 2.13. The number of hydrogen-bond acceptors (Lipinski definition) is 2. The summed E-state index contributed by atoms with van der Waals surface area (Å²) in [5.74, 6) is 0. The topological polar surface area (TPSA) is 35.2 Å². The maximum absolute atomic E-state index is 11.9. The van der Waals surface area contributed by atoms with Gasteiger partial charge < -0.3 is 10.5 Å². The smallest absolute Gasteiger partial charge is 0.364 e. The summed E-state index contributed by atoms with van der Waals surface area (Å²) >= 11 is 5.87. The molecule has 0 aliphatic heterocycles. The molecule has 0 amide bonds. The maximum atomic E-state index is 11.9. The van der Waals surface area contributed by atoms with Crippen LogP contribution < -0.4 is 5.73 Å². The molecule has 2 atom stereocenters. The van der Waals surface area contributed by atoms with Gasteiger partial charge in [-0.25, -0.2) is 0 Å². The Morgan fingerprint density at radius 1 is 1.62 bits per heavy atom. The van der Waals surface area contributed by atoms with Crippen molar-refractivity contribution in [3.05, 3.63) is 22.8 Å². The summed E-state index contributed by atoms with van der Waals surface area (Å²) < 4.78 is 40.4. The van der Waals surface area contributed by atoms with Crippen LogP contribution in [-0.2, 0) is 4.74 Å². The fraction of sp³-hybridized carbons (Fsp3) is 0.600. The molecule has 0 aromatic rings. The fourth-order valence-corrected chi connectivity index (χ4v) is 1.78. The summed E-state index contributed by atoms with van der Waals surface area (Å²) in [5, 5.41) is 0.369. The highest BCUT2D eigenvalue weighted by Gasteiger charge is 2.29. The predicted octanol–water partition coefficient (Wildman–Crippen LogP) is 2.73. The van der Waals surface area contributed by atoms with Crippen molar-refractivity contribution in [2.45, 2.75) is 31.7 Å². The van der Waals surface area contributed by atoms with E-state index in [1.54, 1.807) is 13.0 Å². The summed E-state index contributed by atoms with van der Waals surface area (Å²) in [5.41, 5.74) is 6.38. The highest BCUT2D eigenvalue weighted by molar-refractivity contribution is 6.32. The van der Waals surface area contributed by atoms with Gasteiger partial charge in [0.05, 0.1) is 6.10 Å². The molecule has 0 radical (unpaired) electrons. The van der Waals surface area contributed by atoms with Crippen molar-refractivity contribution in [1.29, 1.82) is 0 Å². The Kier molecular flexibility index (Phi) is 4.41. The second kappa shape index (κ2) is 5.21. The van der Waals surface area contributed by atoms with Crippen LogP contribution in [0, 0.1) is 0 Å². The van der Waals surface area contributed by atoms with Crippen LogP contribution in [0.4, 0.5) is 13.2 Å². The molecule has 1 rings (SSSR count). The van der Waals surface area contributed by atoms with Gasteiger partial charge in [0.15, 0.2) is 0 Å². The average Bonchev–Trinajstić information content (AvgIpc) is 2.13. The van der Waals surface area contributed by atoms with Crippen molar-refractivity contribution < 1.29 is 17.9 Å². The van der Waals surface area contributed by atoms with Gasteiger partial charge in [-0.05, 0) is 25.0 Å². The largest absolute Gasteiger partial charge is 0.411 e. The number of ether oxygens (including phenoxy) is 1. The molecule has 2 unspecified atom stereocenters. The average molecular weight is 256 g/mol. The first-order valence-electron chi connectivity index (χ1n) is 4.81. The van der Waals surface area contributed by atoms with E-state index < -0.39 is 18.9 Å². The van der Waals surface area contributed by atoms with E-state index in [2.05, 4.69) is 4.74 Å². The molecular weight excluding hydrogens is 243 g/mol. The van der Waals surface area contributed by atoms with Gasteiger partial charge in [0.2, 0.25) is 0 Å². The lowest BCUT2D eigenvalue weighted by atomic mass is 10.00. The zero-order valence-electron chi connectivity index (χ0n) is 8.72. The van der Waals surface area contributed by atoms with Crippen LogP contribution in [-0.4, -0.2) is 24.9 Å². The van der Waals surface area contributed by atoms with E-state index in [4.69, 9.17) is 17.3 Å². The summed E-state index contributed by atoms with van der Waals surface area (Å²) in [6.07, 6.45) is -1.40. The minimum Gasteiger partial charge on any atom is -0.364 e. The monoisotopic (exact) mass is 255 g/mol. The second-order valence-electron chi connectivity index (χ2n) is 3.66. The Labute approximate surface area is 96.9 Å². The van der Waals surface area contributed by atoms with E-state index >= 15 is 0 Å². The van der Waals surface area contributed by atoms with Crippen LogP contribution in [0.5, 0.6) is 0 Å². The Bertz CT molecular complexity index is 310. The summed E-state index contributed by atoms with van der Waals surface area (Å²) in [6, 6.07) is -0.229. The Morgan fingerprint density at radius 3 is 2.69 bits per heavy atom. The molecule has 1 aliphatic carbocycles. The normalized spacial score (nSPS) is 23.8. The molecule has 2 nitrogen and oxygen atoms in total. The summed E-state index contributed by atoms with van der Waals surface area (Å²) in [7, 11) is 0. The van der Waals surface area contributed by atoms with Crippen molar-refractivity contribution in [3.8, 4) is 0 Å². The third kappa shape index (κ3) is 4.15. The first-order valence-corrected chi connectivity index (χ1v) is 5.19. The van der Waals surface area contributed by atoms with Crippen molar-refractivity contribution in [2.24, 2.45) is 5.73 Å². The Hall–Kier alpha value is -0.520. The minimum atomic E-state index is -4.31. The summed E-state index contributed by atoms with van der Waals surface area (Å²) in [4.78, 5) is 0. The maximum Gasteiger partial charge on any atom is 0.411 e. The molecule has 0 aromatic heterocycles. The third-order valence-corrected chi connectivity index (χ3v) is 2.47. The molecule has 1 aliphatic rings. The molecule has 92 valence electrons. The lowest BCUT2D eigenvalue weighted by Crippen LogP contribution is -2.25. The minimum absolute atomic E-state index is 0.229. The van der Waals surface area contributed by atoms with E-state index in [0.29, 0.717) is 11.5 Å². The van der Waals surface area contributed by atoms with E-state index in [1.165, 1.54) is 6.08 Å². The number of nitrogens with two attached hydrogens (primary N) is 1. The van der Waals surface area contributed by atoms with E-state index in [1.807, 2.05) is 0 Å². The molecule has 2 N–H and O–H groups in total. The van der Waals surface area contributed by atoms with Crippen molar-refractivity contribution in [3.63, 3.8) is 0 Å². The van der Waals surface area contributed by atoms with E-state index in [-0.39, 0.29) is 6.04 Å². The first kappa shape index (κ1) is 13.5. The molecule has 0 heterocycles. The standard InChI is InChI=1S/C10H13ClF3NO/c1-6(15)8-3-2-7(4-9(8)11)16-5-10(12,13)14/h3-4,6-7H,2,5,15H2,1H3. The SMILES string of the molecule is CC(N)C1=CCC(OCC(F)(F)F)C=C1Cl. The molecule has 0 saturated heterocycles. The first-order chi connectivity index (χ1) is 7.29. The molecular formula is C10H13ClF3NO. The lowest BCUT2D eigenvalue weighted by Gasteiger charge is -2.21.